The second-order valence-electron chi connectivity index (χ2n) is 6.38. The van der Waals surface area contributed by atoms with Crippen molar-refractivity contribution in [2.45, 2.75) is 13.5 Å². The first-order valence-electron chi connectivity index (χ1n) is 8.89. The number of aliphatic hydroxyl groups excluding tert-OH is 2. The van der Waals surface area contributed by atoms with E-state index < -0.39 is 19.0 Å². The Hall–Kier alpha value is -4.43. The highest BCUT2D eigenvalue weighted by molar-refractivity contribution is 6.30. The van der Waals surface area contributed by atoms with E-state index in [4.69, 9.17) is 17.1 Å². The van der Waals surface area contributed by atoms with Crippen molar-refractivity contribution in [2.75, 3.05) is 0 Å². The standard InChI is InChI=1S/C18H13ClN10O3/c19-10-3-1-9(2-4-10)13-11(5-20)16-27(7-30)14-15(25-26-18(23-14)24-22)28(8-31)29(16)17(32)12(13)6-21/h1-4,22,25,30-31H,7-8H2,(H,23,26). The third-order valence-electron chi connectivity index (χ3n) is 4.80. The van der Waals surface area contributed by atoms with Crippen LogP contribution in [-0.4, -0.2) is 39.2 Å². The van der Waals surface area contributed by atoms with Gasteiger partial charge in [0.1, 0.15) is 36.7 Å². The smallest absolute Gasteiger partial charge is 0.289 e. The number of halogens is 1. The third kappa shape index (κ3) is 2.93. The molecule has 0 fully saturated rings. The minimum atomic E-state index is -0.841. The van der Waals surface area contributed by atoms with Crippen LogP contribution in [0.25, 0.3) is 16.8 Å². The van der Waals surface area contributed by atoms with Gasteiger partial charge >= 0.3 is 0 Å². The van der Waals surface area contributed by atoms with Crippen LogP contribution in [0.1, 0.15) is 11.1 Å². The third-order valence-corrected chi connectivity index (χ3v) is 5.05. The van der Waals surface area contributed by atoms with Gasteiger partial charge in [-0.3, -0.25) is 19.6 Å². The molecular formula is C18H13ClN10O3. The normalized spacial score (nSPS) is 10.8. The van der Waals surface area contributed by atoms with E-state index in [0.717, 1.165) is 13.8 Å². The molecule has 0 saturated carbocycles. The summed E-state index contributed by atoms with van der Waals surface area (Å²) in [6.07, 6.45) is 0. The summed E-state index contributed by atoms with van der Waals surface area (Å²) in [6.45, 7) is -1.48. The number of H-pyrrole nitrogens is 2. The Balaban J connectivity index is 2.40. The molecule has 0 amide bonds. The minimum absolute atomic E-state index is 0.0195. The van der Waals surface area contributed by atoms with Crippen molar-refractivity contribution in [2.24, 2.45) is 5.11 Å². The number of nitrogens with zero attached hydrogens (tertiary/aromatic N) is 7. The van der Waals surface area contributed by atoms with Gasteiger partial charge in [0, 0.05) is 10.6 Å². The summed E-state index contributed by atoms with van der Waals surface area (Å²) in [7, 11) is 0. The van der Waals surface area contributed by atoms with Crippen LogP contribution in [0.3, 0.4) is 0 Å². The number of aromatic amines is 2. The molecule has 32 heavy (non-hydrogen) atoms. The van der Waals surface area contributed by atoms with Crippen LogP contribution in [-0.2, 0) is 13.5 Å². The van der Waals surface area contributed by atoms with Gasteiger partial charge in [0.15, 0.2) is 16.6 Å². The van der Waals surface area contributed by atoms with Crippen molar-refractivity contribution >= 4 is 23.2 Å². The number of benzene rings is 1. The van der Waals surface area contributed by atoms with Crippen LogP contribution in [0.4, 0.5) is 5.95 Å². The Bertz CT molecular complexity index is 1620. The summed E-state index contributed by atoms with van der Waals surface area (Å²) in [4.78, 5) is 17.5. The van der Waals surface area contributed by atoms with Gasteiger partial charge in [-0.15, -0.1) is 5.11 Å². The summed E-state index contributed by atoms with van der Waals surface area (Å²) < 4.78 is 3.06. The Morgan fingerprint density at radius 2 is 1.81 bits per heavy atom. The molecule has 14 heteroatoms. The van der Waals surface area contributed by atoms with E-state index >= 15 is 0 Å². The van der Waals surface area contributed by atoms with E-state index in [1.165, 1.54) is 0 Å². The van der Waals surface area contributed by atoms with Gasteiger partial charge in [0.25, 0.3) is 11.5 Å². The fraction of sp³-hybridized carbons (Fsp3) is 0.111. The Morgan fingerprint density at radius 3 is 2.38 bits per heavy atom. The second-order valence-corrected chi connectivity index (χ2v) is 6.81. The molecule has 5 N–H and O–H groups in total. The zero-order chi connectivity index (χ0) is 23.0. The van der Waals surface area contributed by atoms with Crippen molar-refractivity contribution in [1.29, 1.82) is 16.1 Å². The molecule has 2 aliphatic rings. The van der Waals surface area contributed by atoms with Crippen molar-refractivity contribution in [1.82, 2.24) is 28.9 Å². The predicted octanol–water partition coefficient (Wildman–Crippen LogP) is 1.43. The zero-order valence-corrected chi connectivity index (χ0v) is 16.8. The van der Waals surface area contributed by atoms with Crippen LogP contribution in [0.2, 0.25) is 5.02 Å². The number of fused-ring (bicyclic) bond motifs is 1. The molecule has 4 rings (SSSR count). The summed E-state index contributed by atoms with van der Waals surface area (Å²) in [5, 5.41) is 48.7. The average molecular weight is 453 g/mol. The van der Waals surface area contributed by atoms with Gasteiger partial charge in [0.05, 0.1) is 0 Å². The quantitative estimate of drug-likeness (QED) is 0.290. The molecule has 1 aromatic carbocycles. The molecule has 13 nitrogen and oxygen atoms in total. The van der Waals surface area contributed by atoms with Crippen molar-refractivity contribution in [3.05, 3.63) is 61.7 Å². The molecule has 0 bridgehead atoms. The molecule has 0 saturated heterocycles. The van der Waals surface area contributed by atoms with Gasteiger partial charge in [-0.2, -0.15) is 20.0 Å². The molecule has 0 atom stereocenters. The molecule has 0 spiro atoms. The number of rotatable bonds is 4. The number of hydrogen-bond donors (Lipinski definition) is 5. The van der Waals surface area contributed by atoms with Crippen LogP contribution in [0.15, 0.2) is 34.2 Å². The van der Waals surface area contributed by atoms with Crippen LogP contribution < -0.4 is 5.56 Å². The first-order valence-corrected chi connectivity index (χ1v) is 9.27. The number of hydrogen-bond acceptors (Lipinski definition) is 8. The lowest BCUT2D eigenvalue weighted by atomic mass is 9.97. The predicted molar refractivity (Wildman–Crippen MR) is 108 cm³/mol. The van der Waals surface area contributed by atoms with Crippen molar-refractivity contribution in [3.63, 3.8) is 0 Å². The number of aromatic nitrogens is 6. The molecule has 3 heterocycles. The molecule has 0 aliphatic carbocycles. The van der Waals surface area contributed by atoms with Crippen molar-refractivity contribution < 1.29 is 10.2 Å². The van der Waals surface area contributed by atoms with E-state index in [1.807, 2.05) is 12.1 Å². The molecule has 2 aliphatic heterocycles. The summed E-state index contributed by atoms with van der Waals surface area (Å²) in [5.74, 6) is -0.166. The van der Waals surface area contributed by atoms with Gasteiger partial charge in [0.2, 0.25) is 0 Å². The lowest BCUT2D eigenvalue weighted by Crippen LogP contribution is -2.32. The molecule has 2 aromatic rings. The van der Waals surface area contributed by atoms with E-state index in [1.54, 1.807) is 24.3 Å². The van der Waals surface area contributed by atoms with Gasteiger partial charge in [-0.05, 0) is 17.7 Å². The minimum Gasteiger partial charge on any atom is -0.376 e. The van der Waals surface area contributed by atoms with Gasteiger partial charge < -0.3 is 10.2 Å². The fourth-order valence-electron chi connectivity index (χ4n) is 3.48. The lowest BCUT2D eigenvalue weighted by Gasteiger charge is -2.20. The Labute approximate surface area is 182 Å². The fourth-order valence-corrected chi connectivity index (χ4v) is 3.61. The van der Waals surface area contributed by atoms with E-state index in [0.29, 0.717) is 10.6 Å². The number of nitriles is 2. The Kier molecular flexibility index (Phi) is 5.21. The van der Waals surface area contributed by atoms with E-state index in [2.05, 4.69) is 20.3 Å². The summed E-state index contributed by atoms with van der Waals surface area (Å²) >= 11 is 5.95. The van der Waals surface area contributed by atoms with Gasteiger partial charge in [-0.25, -0.2) is 10.2 Å². The zero-order valence-electron chi connectivity index (χ0n) is 16.0. The van der Waals surface area contributed by atoms with Crippen LogP contribution >= 0.6 is 11.6 Å². The topological polar surface area (TPSA) is 200 Å². The van der Waals surface area contributed by atoms with E-state index in [9.17, 15) is 25.5 Å². The maximum Gasteiger partial charge on any atom is 0.289 e. The maximum atomic E-state index is 13.4. The monoisotopic (exact) mass is 452 g/mol. The maximum absolute atomic E-state index is 13.4. The molecule has 1 aromatic heterocycles. The number of aliphatic hydroxyl groups is 2. The summed E-state index contributed by atoms with van der Waals surface area (Å²) in [6, 6.07) is 10.0. The summed E-state index contributed by atoms with van der Waals surface area (Å²) in [5.41, 5.74) is 6.15. The van der Waals surface area contributed by atoms with Crippen LogP contribution in [0, 0.1) is 39.2 Å². The molecule has 0 radical (unpaired) electrons. The largest absolute Gasteiger partial charge is 0.376 e. The lowest BCUT2D eigenvalue weighted by molar-refractivity contribution is 0.170. The molecule has 0 unspecified atom stereocenters. The number of nitrogens with one attached hydrogen (secondary N) is 3. The molecular weight excluding hydrogens is 440 g/mol. The van der Waals surface area contributed by atoms with Crippen molar-refractivity contribution in [3.8, 4) is 23.3 Å². The first kappa shape index (κ1) is 20.8. The average Bonchev–Trinajstić information content (AvgIpc) is 2.82. The first-order chi connectivity index (χ1) is 15.5. The highest BCUT2D eigenvalue weighted by Crippen LogP contribution is 2.29. The highest BCUT2D eigenvalue weighted by Gasteiger charge is 2.24. The highest BCUT2D eigenvalue weighted by atomic mass is 35.5. The number of pyridine rings is 1. The SMILES string of the molecule is N#Cc1c(-c2ccc(Cl)cc2)c(C#N)c2n(CO)c3nc(N=N)[nH][nH]c=3n(CO)n2c1=O. The van der Waals surface area contributed by atoms with Crippen LogP contribution in [0.5, 0.6) is 0 Å². The van der Waals surface area contributed by atoms with Gasteiger partial charge in [-0.1, -0.05) is 23.7 Å². The van der Waals surface area contributed by atoms with E-state index in [-0.39, 0.29) is 39.2 Å². The second kappa shape index (κ2) is 8.01. The molecule has 160 valence electrons. The Morgan fingerprint density at radius 1 is 1.12 bits per heavy atom.